The monoisotopic (exact) mass is 226 g/mol. The molecule has 0 aromatic carbocycles. The molecule has 0 fully saturated rings. The van der Waals surface area contributed by atoms with Gasteiger partial charge < -0.3 is 10.2 Å². The molecule has 14 heavy (non-hydrogen) atoms. The molecule has 1 atom stereocenters. The molecule has 0 aromatic heterocycles. The van der Waals surface area contributed by atoms with Gasteiger partial charge in [-0.25, -0.2) is 9.52 Å². The number of aliphatic carboxylic acids is 1. The van der Waals surface area contributed by atoms with Crippen molar-refractivity contribution in [1.82, 2.24) is 9.44 Å². The third-order valence-corrected chi connectivity index (χ3v) is 2.42. The lowest BCUT2D eigenvalue weighted by atomic mass is 10.4. The smallest absolute Gasteiger partial charge is 0.333 e. The Bertz CT molecular complexity index is 276. The highest BCUT2D eigenvalue weighted by Gasteiger charge is 2.16. The van der Waals surface area contributed by atoms with Crippen LogP contribution in [0.1, 0.15) is 13.3 Å². The van der Waals surface area contributed by atoms with E-state index in [9.17, 15) is 13.2 Å². The summed E-state index contributed by atoms with van der Waals surface area (Å²) < 4.78 is 26.0. The third kappa shape index (κ3) is 5.86. The van der Waals surface area contributed by atoms with E-state index in [1.807, 2.05) is 4.72 Å². The summed E-state index contributed by atoms with van der Waals surface area (Å²) in [5.41, 5.74) is 0. The number of carboxylic acids is 1. The summed E-state index contributed by atoms with van der Waals surface area (Å²) in [6.45, 7) is 1.50. The minimum atomic E-state index is -3.70. The molecular formula is C6H14N2O5S. The first-order valence-electron chi connectivity index (χ1n) is 4.04. The number of carbonyl (C=O) groups is 1. The number of aliphatic hydroxyl groups is 1. The van der Waals surface area contributed by atoms with Gasteiger partial charge in [-0.05, 0) is 6.42 Å². The normalized spacial score (nSPS) is 13.9. The van der Waals surface area contributed by atoms with Crippen molar-refractivity contribution in [3.05, 3.63) is 0 Å². The maximum atomic E-state index is 11.0. The minimum absolute atomic E-state index is 0.262. The Kier molecular flexibility index (Phi) is 5.62. The van der Waals surface area contributed by atoms with Crippen molar-refractivity contribution in [3.63, 3.8) is 0 Å². The Balaban J connectivity index is 3.93. The molecule has 8 heteroatoms. The predicted octanol–water partition coefficient (Wildman–Crippen LogP) is -1.73. The lowest BCUT2D eigenvalue weighted by molar-refractivity contribution is -0.146. The van der Waals surface area contributed by atoms with Crippen LogP contribution in [0.25, 0.3) is 0 Å². The van der Waals surface area contributed by atoms with Crippen molar-refractivity contribution < 1.29 is 23.4 Å². The zero-order chi connectivity index (χ0) is 11.2. The number of hydrogen-bond donors (Lipinski definition) is 4. The molecule has 0 aromatic rings. The second-order valence-corrected chi connectivity index (χ2v) is 4.18. The van der Waals surface area contributed by atoms with Crippen molar-refractivity contribution in [2.45, 2.75) is 19.4 Å². The van der Waals surface area contributed by atoms with Crippen LogP contribution in [0, 0.1) is 0 Å². The molecule has 0 aliphatic heterocycles. The molecule has 84 valence electrons. The molecule has 0 heterocycles. The van der Waals surface area contributed by atoms with Crippen LogP contribution in [-0.2, 0) is 15.0 Å². The van der Waals surface area contributed by atoms with E-state index in [4.69, 9.17) is 10.2 Å². The molecule has 0 spiro atoms. The highest BCUT2D eigenvalue weighted by Crippen LogP contribution is 1.83. The highest BCUT2D eigenvalue weighted by atomic mass is 32.2. The predicted molar refractivity (Wildman–Crippen MR) is 48.9 cm³/mol. The van der Waals surface area contributed by atoms with Crippen molar-refractivity contribution in [3.8, 4) is 0 Å². The van der Waals surface area contributed by atoms with Gasteiger partial charge in [0.25, 0.3) is 10.2 Å². The number of aliphatic hydroxyl groups excluding tert-OH is 1. The summed E-state index contributed by atoms with van der Waals surface area (Å²) in [5.74, 6) is -1.47. The Morgan fingerprint density at radius 1 is 1.43 bits per heavy atom. The summed E-state index contributed by atoms with van der Waals surface area (Å²) in [6, 6.07) is 0. The molecule has 0 aliphatic carbocycles. The molecule has 1 unspecified atom stereocenters. The fraction of sp³-hybridized carbons (Fsp3) is 0.833. The molecule has 0 aliphatic rings. The summed E-state index contributed by atoms with van der Waals surface area (Å²) in [5, 5.41) is 17.0. The van der Waals surface area contributed by atoms with E-state index in [1.165, 1.54) is 0 Å². The van der Waals surface area contributed by atoms with Crippen LogP contribution in [-0.4, -0.2) is 43.8 Å². The molecule has 4 N–H and O–H groups in total. The minimum Gasteiger partial charge on any atom is -0.479 e. The van der Waals surface area contributed by atoms with Crippen LogP contribution >= 0.6 is 0 Å². The van der Waals surface area contributed by atoms with Gasteiger partial charge in [-0.3, -0.25) is 0 Å². The summed E-state index contributed by atoms with van der Waals surface area (Å²) >= 11 is 0. The fourth-order valence-corrected chi connectivity index (χ4v) is 1.52. The van der Waals surface area contributed by atoms with Gasteiger partial charge >= 0.3 is 5.97 Å². The van der Waals surface area contributed by atoms with Gasteiger partial charge in [-0.1, -0.05) is 6.92 Å². The molecular weight excluding hydrogens is 212 g/mol. The maximum absolute atomic E-state index is 11.0. The Morgan fingerprint density at radius 3 is 2.43 bits per heavy atom. The van der Waals surface area contributed by atoms with Gasteiger partial charge in [0.15, 0.2) is 6.10 Å². The number of rotatable bonds is 7. The second kappa shape index (κ2) is 5.91. The van der Waals surface area contributed by atoms with Gasteiger partial charge in [0.1, 0.15) is 0 Å². The van der Waals surface area contributed by atoms with E-state index >= 15 is 0 Å². The summed E-state index contributed by atoms with van der Waals surface area (Å²) in [6.07, 6.45) is -1.10. The third-order valence-electron chi connectivity index (χ3n) is 1.29. The quantitative estimate of drug-likeness (QED) is 0.411. The van der Waals surface area contributed by atoms with Crippen LogP contribution in [0.4, 0.5) is 0 Å². The van der Waals surface area contributed by atoms with Crippen LogP contribution in [0.15, 0.2) is 0 Å². The van der Waals surface area contributed by atoms with E-state index in [1.54, 1.807) is 6.92 Å². The number of hydrogen-bond acceptors (Lipinski definition) is 4. The first-order valence-corrected chi connectivity index (χ1v) is 5.52. The molecule has 0 amide bonds. The lowest BCUT2D eigenvalue weighted by Gasteiger charge is -2.08. The first-order chi connectivity index (χ1) is 6.39. The molecule has 7 nitrogen and oxygen atoms in total. The average Bonchev–Trinajstić information content (AvgIpc) is 2.11. The molecule has 0 saturated carbocycles. The van der Waals surface area contributed by atoms with Crippen molar-refractivity contribution >= 4 is 16.2 Å². The standard InChI is InChI=1S/C6H14N2O5S/c1-2-3-7-14(12,13)8-4-5(9)6(10)11/h5,7-9H,2-4H2,1H3,(H,10,11). The van der Waals surface area contributed by atoms with E-state index < -0.39 is 28.8 Å². The van der Waals surface area contributed by atoms with Gasteiger partial charge in [0, 0.05) is 13.1 Å². The van der Waals surface area contributed by atoms with Gasteiger partial charge in [0.05, 0.1) is 0 Å². The number of carboxylic acid groups (broad SMARTS) is 1. The number of nitrogens with one attached hydrogen (secondary N) is 2. The van der Waals surface area contributed by atoms with Crippen LogP contribution in [0.3, 0.4) is 0 Å². The van der Waals surface area contributed by atoms with Gasteiger partial charge in [0.2, 0.25) is 0 Å². The van der Waals surface area contributed by atoms with Crippen LogP contribution in [0.2, 0.25) is 0 Å². The van der Waals surface area contributed by atoms with E-state index in [0.29, 0.717) is 6.42 Å². The van der Waals surface area contributed by atoms with Crippen molar-refractivity contribution in [1.29, 1.82) is 0 Å². The Labute approximate surface area is 82.3 Å². The lowest BCUT2D eigenvalue weighted by Crippen LogP contribution is -2.42. The first kappa shape index (κ1) is 13.3. The van der Waals surface area contributed by atoms with Crippen LogP contribution in [0.5, 0.6) is 0 Å². The SMILES string of the molecule is CCCNS(=O)(=O)NCC(O)C(=O)O. The van der Waals surface area contributed by atoms with Crippen molar-refractivity contribution in [2.75, 3.05) is 13.1 Å². The summed E-state index contributed by atoms with van der Waals surface area (Å²) in [7, 11) is -3.70. The zero-order valence-electron chi connectivity index (χ0n) is 7.73. The Morgan fingerprint density at radius 2 is 2.00 bits per heavy atom. The molecule has 0 bridgehead atoms. The second-order valence-electron chi connectivity index (χ2n) is 2.60. The largest absolute Gasteiger partial charge is 0.479 e. The van der Waals surface area contributed by atoms with E-state index in [2.05, 4.69) is 4.72 Å². The highest BCUT2D eigenvalue weighted by molar-refractivity contribution is 7.87. The average molecular weight is 226 g/mol. The van der Waals surface area contributed by atoms with Gasteiger partial charge in [-0.2, -0.15) is 13.1 Å². The summed E-state index contributed by atoms with van der Waals surface area (Å²) in [4.78, 5) is 10.1. The fourth-order valence-electron chi connectivity index (χ4n) is 0.563. The van der Waals surface area contributed by atoms with Crippen LogP contribution < -0.4 is 9.44 Å². The zero-order valence-corrected chi connectivity index (χ0v) is 8.54. The maximum Gasteiger partial charge on any atom is 0.333 e. The molecule has 0 saturated heterocycles. The van der Waals surface area contributed by atoms with Crippen molar-refractivity contribution in [2.24, 2.45) is 0 Å². The molecule has 0 rings (SSSR count). The van der Waals surface area contributed by atoms with Gasteiger partial charge in [-0.15, -0.1) is 0 Å². The topological polar surface area (TPSA) is 116 Å². The van der Waals surface area contributed by atoms with E-state index in [-0.39, 0.29) is 6.54 Å². The van der Waals surface area contributed by atoms with E-state index in [0.717, 1.165) is 0 Å². The Hall–Kier alpha value is -0.700. The molecule has 0 radical (unpaired) electrons.